The lowest BCUT2D eigenvalue weighted by Crippen LogP contribution is -2.07. The molecule has 0 radical (unpaired) electrons. The second kappa shape index (κ2) is 3.96. The number of nitrogens with two attached hydrogens (primary N) is 1. The summed E-state index contributed by atoms with van der Waals surface area (Å²) in [6.45, 7) is 6.65. The van der Waals surface area contributed by atoms with Crippen LogP contribution in [0.25, 0.3) is 0 Å². The summed E-state index contributed by atoms with van der Waals surface area (Å²) in [6, 6.07) is 5.90. The first-order valence-corrected chi connectivity index (χ1v) is 5.29. The third-order valence-corrected chi connectivity index (χ3v) is 2.60. The third kappa shape index (κ3) is 2.05. The van der Waals surface area contributed by atoms with E-state index >= 15 is 0 Å². The fraction of sp³-hybridized carbons (Fsp3) is 0.333. The number of hydrogen-bond acceptors (Lipinski definition) is 3. The fourth-order valence-corrected chi connectivity index (χ4v) is 1.70. The molecule has 2 N–H and O–H groups in total. The van der Waals surface area contributed by atoms with Crippen molar-refractivity contribution in [3.05, 3.63) is 41.0 Å². The maximum atomic E-state index is 5.73. The number of pyridine rings is 1. The average molecular weight is 216 g/mol. The molecule has 0 aliphatic heterocycles. The molecule has 0 spiro atoms. The quantitative estimate of drug-likeness (QED) is 0.833. The van der Waals surface area contributed by atoms with Gasteiger partial charge in [0.05, 0.1) is 29.3 Å². The Bertz CT molecular complexity index is 514. The van der Waals surface area contributed by atoms with Crippen molar-refractivity contribution in [2.45, 2.75) is 27.3 Å². The van der Waals surface area contributed by atoms with Gasteiger partial charge in [0.2, 0.25) is 0 Å². The molecule has 0 atom stereocenters. The number of nitrogens with zero attached hydrogens (tertiary/aromatic N) is 3. The largest absolute Gasteiger partial charge is 0.397 e. The van der Waals surface area contributed by atoms with Gasteiger partial charge in [0.25, 0.3) is 0 Å². The van der Waals surface area contributed by atoms with Crippen molar-refractivity contribution in [1.82, 2.24) is 14.8 Å². The van der Waals surface area contributed by atoms with Gasteiger partial charge in [0.1, 0.15) is 0 Å². The Morgan fingerprint density at radius 3 is 2.56 bits per heavy atom. The molecule has 0 fully saturated rings. The first-order valence-electron chi connectivity index (χ1n) is 5.29. The second-order valence-corrected chi connectivity index (χ2v) is 4.06. The molecule has 4 nitrogen and oxygen atoms in total. The van der Waals surface area contributed by atoms with Crippen LogP contribution in [-0.4, -0.2) is 14.8 Å². The summed E-state index contributed by atoms with van der Waals surface area (Å²) in [5.41, 5.74) is 10.5. The Morgan fingerprint density at radius 2 is 2.00 bits per heavy atom. The van der Waals surface area contributed by atoms with Crippen molar-refractivity contribution in [2.75, 3.05) is 5.73 Å². The molecular formula is C12H16N4. The Balaban J connectivity index is 2.27. The number of aromatic nitrogens is 3. The first-order chi connectivity index (χ1) is 7.56. The maximum absolute atomic E-state index is 5.73. The van der Waals surface area contributed by atoms with Crippen LogP contribution in [-0.2, 0) is 6.54 Å². The molecule has 16 heavy (non-hydrogen) atoms. The monoisotopic (exact) mass is 216 g/mol. The van der Waals surface area contributed by atoms with Crippen LogP contribution >= 0.6 is 0 Å². The zero-order valence-electron chi connectivity index (χ0n) is 9.86. The number of rotatable bonds is 2. The summed E-state index contributed by atoms with van der Waals surface area (Å²) in [4.78, 5) is 4.43. The van der Waals surface area contributed by atoms with E-state index in [0.717, 1.165) is 28.5 Å². The molecule has 0 saturated heterocycles. The summed E-state index contributed by atoms with van der Waals surface area (Å²) >= 11 is 0. The van der Waals surface area contributed by atoms with Crippen LogP contribution in [0, 0.1) is 20.8 Å². The van der Waals surface area contributed by atoms with E-state index in [9.17, 15) is 0 Å². The fourth-order valence-electron chi connectivity index (χ4n) is 1.70. The van der Waals surface area contributed by atoms with Crippen molar-refractivity contribution >= 4 is 5.69 Å². The van der Waals surface area contributed by atoms with Crippen LogP contribution in [0.15, 0.2) is 18.2 Å². The Labute approximate surface area is 95.1 Å². The minimum absolute atomic E-state index is 0.695. The van der Waals surface area contributed by atoms with E-state index in [2.05, 4.69) is 16.1 Å². The van der Waals surface area contributed by atoms with E-state index < -0.39 is 0 Å². The predicted octanol–water partition coefficient (Wildman–Crippen LogP) is 1.83. The molecule has 0 unspecified atom stereocenters. The van der Waals surface area contributed by atoms with Crippen molar-refractivity contribution in [1.29, 1.82) is 0 Å². The highest BCUT2D eigenvalue weighted by Gasteiger charge is 2.04. The summed E-state index contributed by atoms with van der Waals surface area (Å²) in [5, 5.41) is 4.40. The van der Waals surface area contributed by atoms with Crippen LogP contribution in [0.3, 0.4) is 0 Å². The average Bonchev–Trinajstić information content (AvgIpc) is 2.51. The maximum Gasteiger partial charge on any atom is 0.0834 e. The van der Waals surface area contributed by atoms with Gasteiger partial charge in [-0.25, -0.2) is 0 Å². The van der Waals surface area contributed by atoms with Crippen LogP contribution < -0.4 is 5.73 Å². The standard InChI is InChI=1S/C12H16N4/c1-8-6-9(2)16(15-8)7-11-4-5-12(13)10(3)14-11/h4-6H,7,13H2,1-3H3. The number of nitrogen functional groups attached to an aromatic ring is 1. The lowest BCUT2D eigenvalue weighted by atomic mass is 10.2. The molecule has 0 amide bonds. The van der Waals surface area contributed by atoms with Gasteiger partial charge in [-0.05, 0) is 39.0 Å². The molecule has 0 aromatic carbocycles. The first kappa shape index (κ1) is 10.7. The smallest absolute Gasteiger partial charge is 0.0834 e. The SMILES string of the molecule is Cc1cc(C)n(Cc2ccc(N)c(C)n2)n1. The second-order valence-electron chi connectivity index (χ2n) is 4.06. The minimum atomic E-state index is 0.695. The van der Waals surface area contributed by atoms with E-state index in [1.54, 1.807) is 0 Å². The summed E-state index contributed by atoms with van der Waals surface area (Å²) in [6.07, 6.45) is 0. The molecule has 2 heterocycles. The normalized spacial score (nSPS) is 10.7. The number of hydrogen-bond donors (Lipinski definition) is 1. The Kier molecular flexibility index (Phi) is 2.64. The van der Waals surface area contributed by atoms with Gasteiger partial charge in [-0.15, -0.1) is 0 Å². The van der Waals surface area contributed by atoms with Crippen LogP contribution in [0.4, 0.5) is 5.69 Å². The predicted molar refractivity (Wildman–Crippen MR) is 64.2 cm³/mol. The van der Waals surface area contributed by atoms with E-state index in [1.165, 1.54) is 0 Å². The van der Waals surface area contributed by atoms with Crippen molar-refractivity contribution in [3.8, 4) is 0 Å². The number of anilines is 1. The molecule has 84 valence electrons. The van der Waals surface area contributed by atoms with Gasteiger partial charge >= 0.3 is 0 Å². The summed E-state index contributed by atoms with van der Waals surface area (Å²) in [7, 11) is 0. The third-order valence-electron chi connectivity index (χ3n) is 2.60. The minimum Gasteiger partial charge on any atom is -0.397 e. The van der Waals surface area contributed by atoms with Gasteiger partial charge in [-0.2, -0.15) is 5.10 Å². The van der Waals surface area contributed by atoms with Gasteiger partial charge < -0.3 is 5.73 Å². The molecule has 2 aromatic heterocycles. The molecule has 2 rings (SSSR count). The lowest BCUT2D eigenvalue weighted by Gasteiger charge is -2.06. The molecule has 0 aliphatic rings. The lowest BCUT2D eigenvalue weighted by molar-refractivity contribution is 0.646. The number of aryl methyl sites for hydroxylation is 3. The van der Waals surface area contributed by atoms with E-state index in [-0.39, 0.29) is 0 Å². The molecule has 0 aliphatic carbocycles. The van der Waals surface area contributed by atoms with E-state index in [4.69, 9.17) is 5.73 Å². The highest BCUT2D eigenvalue weighted by molar-refractivity contribution is 5.42. The highest BCUT2D eigenvalue weighted by Crippen LogP contribution is 2.10. The van der Waals surface area contributed by atoms with Gasteiger partial charge in [-0.1, -0.05) is 0 Å². The van der Waals surface area contributed by atoms with Gasteiger partial charge in [0, 0.05) is 5.69 Å². The summed E-state index contributed by atoms with van der Waals surface area (Å²) < 4.78 is 1.95. The Morgan fingerprint density at radius 1 is 1.25 bits per heavy atom. The van der Waals surface area contributed by atoms with E-state index in [1.807, 2.05) is 37.6 Å². The van der Waals surface area contributed by atoms with Crippen molar-refractivity contribution in [2.24, 2.45) is 0 Å². The van der Waals surface area contributed by atoms with Crippen molar-refractivity contribution < 1.29 is 0 Å². The molecule has 0 saturated carbocycles. The molecule has 0 bridgehead atoms. The van der Waals surface area contributed by atoms with Gasteiger partial charge in [-0.3, -0.25) is 9.67 Å². The zero-order chi connectivity index (χ0) is 11.7. The van der Waals surface area contributed by atoms with E-state index in [0.29, 0.717) is 6.54 Å². The van der Waals surface area contributed by atoms with Crippen LogP contribution in [0.5, 0.6) is 0 Å². The zero-order valence-corrected chi connectivity index (χ0v) is 9.86. The molecule has 2 aromatic rings. The van der Waals surface area contributed by atoms with Gasteiger partial charge in [0.15, 0.2) is 0 Å². The highest BCUT2D eigenvalue weighted by atomic mass is 15.3. The Hall–Kier alpha value is -1.84. The van der Waals surface area contributed by atoms with Crippen molar-refractivity contribution in [3.63, 3.8) is 0 Å². The molecule has 4 heteroatoms. The van der Waals surface area contributed by atoms with Crippen LogP contribution in [0.1, 0.15) is 22.8 Å². The molecular weight excluding hydrogens is 200 g/mol. The topological polar surface area (TPSA) is 56.7 Å². The summed E-state index contributed by atoms with van der Waals surface area (Å²) in [5.74, 6) is 0. The van der Waals surface area contributed by atoms with Crippen LogP contribution in [0.2, 0.25) is 0 Å².